The van der Waals surface area contributed by atoms with Crippen LogP contribution in [-0.2, 0) is 18.8 Å². The maximum absolute atomic E-state index is 11.1. The number of amides is 2. The van der Waals surface area contributed by atoms with Gasteiger partial charge in [0.15, 0.2) is 6.29 Å². The van der Waals surface area contributed by atoms with Gasteiger partial charge in [-0.25, -0.2) is 9.36 Å². The Morgan fingerprint density at radius 3 is 2.34 bits per heavy atom. The lowest BCUT2D eigenvalue weighted by Gasteiger charge is -2.40. The van der Waals surface area contributed by atoms with Crippen LogP contribution in [0.2, 0.25) is 0 Å². The number of urea groups is 1. The fourth-order valence-corrected chi connectivity index (χ4v) is 5.40. The monoisotopic (exact) mass is 595 g/mol. The molecular weight excluding hydrogens is 557 g/mol. The second-order valence-corrected chi connectivity index (χ2v) is 11.0. The lowest BCUT2D eigenvalue weighted by molar-refractivity contribution is -0.299. The number of carboxylic acids is 1. The lowest BCUT2D eigenvalue weighted by Crippen LogP contribution is -2.61. The Morgan fingerprint density at radius 2 is 1.76 bits per heavy atom. The molecule has 13 N–H and O–H groups in total. The number of carbonyl (C=O) groups excluding carboxylic acids is 1. The quantitative estimate of drug-likeness (QED) is 0.0650. The van der Waals surface area contributed by atoms with Gasteiger partial charge in [0.05, 0.1) is 25.3 Å². The molecule has 3 saturated heterocycles. The van der Waals surface area contributed by atoms with Crippen molar-refractivity contribution in [3.05, 3.63) is 0 Å². The Hall–Kier alpha value is -1.12. The molecule has 3 fully saturated rings. The summed E-state index contributed by atoms with van der Waals surface area (Å²) >= 11 is 1.87. The van der Waals surface area contributed by atoms with Crippen LogP contribution in [0.15, 0.2) is 0 Å². The van der Waals surface area contributed by atoms with E-state index in [1.54, 1.807) is 0 Å². The summed E-state index contributed by atoms with van der Waals surface area (Å²) in [4.78, 5) is 43.0. The first-order valence-electron chi connectivity index (χ1n) is 11.7. The zero-order chi connectivity index (χ0) is 29.0. The van der Waals surface area contributed by atoms with Crippen LogP contribution in [0.4, 0.5) is 4.79 Å². The third-order valence-electron chi connectivity index (χ3n) is 5.62. The number of carboxylic acid groups (broad SMARTS) is 1. The molecule has 0 saturated carbocycles. The number of nitrogens with one attached hydrogen (secondary N) is 2. The Bertz CT molecular complexity index is 771. The highest BCUT2D eigenvalue weighted by atomic mass is 32.2. The molecule has 38 heavy (non-hydrogen) atoms. The van der Waals surface area contributed by atoms with Crippen LogP contribution in [-0.4, -0.2) is 137 Å². The molecule has 0 spiro atoms. The summed E-state index contributed by atoms with van der Waals surface area (Å²) in [5.41, 5.74) is 5.18. The Balaban J connectivity index is 0.000000324. The Kier molecular flexibility index (Phi) is 15.5. The molecule has 0 aromatic heterocycles. The molecule has 1 unspecified atom stereocenters. The molecule has 9 atom stereocenters. The number of hydrogen-bond donors (Lipinski definition) is 12. The Labute approximate surface area is 222 Å². The third-order valence-corrected chi connectivity index (χ3v) is 7.13. The first kappa shape index (κ1) is 34.9. The summed E-state index contributed by atoms with van der Waals surface area (Å²) in [6.45, 7) is 0.354. The van der Waals surface area contributed by atoms with Crippen molar-refractivity contribution in [2.24, 2.45) is 5.73 Å². The van der Waals surface area contributed by atoms with E-state index in [2.05, 4.69) is 10.6 Å². The molecule has 3 aliphatic rings. The van der Waals surface area contributed by atoms with Gasteiger partial charge < -0.3 is 71.2 Å². The maximum Gasteiger partial charge on any atom is 0.466 e. The van der Waals surface area contributed by atoms with E-state index in [-0.39, 0.29) is 44.3 Å². The number of aliphatic carboxylic acids is 1. The molecule has 0 radical (unpaired) electrons. The smallest absolute Gasteiger partial charge is 0.466 e. The molecule has 0 bridgehead atoms. The van der Waals surface area contributed by atoms with Gasteiger partial charge in [0.1, 0.15) is 30.5 Å². The van der Waals surface area contributed by atoms with Crippen LogP contribution in [0, 0.1) is 0 Å². The number of thioether (sulfide) groups is 1. The molecule has 224 valence electrons. The highest BCUT2D eigenvalue weighted by Crippen LogP contribution is 2.33. The number of fused-ring (bicyclic) bond motifs is 1. The van der Waals surface area contributed by atoms with Gasteiger partial charge >= 0.3 is 19.8 Å². The van der Waals surface area contributed by atoms with Crippen LogP contribution in [0.25, 0.3) is 0 Å². The molecular formula is C19H38N3O14PS. The van der Waals surface area contributed by atoms with E-state index in [1.807, 2.05) is 11.8 Å². The van der Waals surface area contributed by atoms with E-state index in [0.29, 0.717) is 5.25 Å². The van der Waals surface area contributed by atoms with Gasteiger partial charge in [-0.2, -0.15) is 11.8 Å². The molecule has 3 aliphatic heterocycles. The van der Waals surface area contributed by atoms with Crippen LogP contribution in [0.1, 0.15) is 25.7 Å². The van der Waals surface area contributed by atoms with Gasteiger partial charge in [-0.3, -0.25) is 4.79 Å². The van der Waals surface area contributed by atoms with Crippen molar-refractivity contribution in [2.45, 2.75) is 79.8 Å². The standard InChI is InChI=1S/C10H16N2O3S.C9H19NO7.H3O4P/c13-8(14)4-2-1-3-7-9-6(5-16-7)11-10(15)12-9;10-1-2-16-3-4(11)8-6(13)5(12)7(14)9(15)17-8;1-5(2,3)4/h6-7,9H,1-5H2,(H,13,14)(H2,11,12,15);4-9,11-15H,1-3,10H2;(H3,1,2,3,4)/t6-,7-,9-;4?,5-,6-,7-,8+,9+;/m00./s1. The number of aliphatic hydroxyl groups excluding tert-OH is 5. The molecule has 0 aromatic carbocycles. The molecule has 0 aromatic rings. The minimum absolute atomic E-state index is 0.0640. The summed E-state index contributed by atoms with van der Waals surface area (Å²) in [6, 6.07) is 0.440. The molecule has 3 heterocycles. The largest absolute Gasteiger partial charge is 0.481 e. The van der Waals surface area contributed by atoms with Crippen LogP contribution < -0.4 is 16.4 Å². The summed E-state index contributed by atoms with van der Waals surface area (Å²) in [7, 11) is -4.64. The molecule has 19 heteroatoms. The number of ether oxygens (including phenoxy) is 2. The van der Waals surface area contributed by atoms with E-state index < -0.39 is 50.6 Å². The number of hydrogen-bond acceptors (Lipinski definition) is 12. The highest BCUT2D eigenvalue weighted by molar-refractivity contribution is 8.00. The summed E-state index contributed by atoms with van der Waals surface area (Å²) in [5, 5.41) is 61.8. The van der Waals surface area contributed by atoms with Crippen LogP contribution in [0.5, 0.6) is 0 Å². The van der Waals surface area contributed by atoms with Crippen molar-refractivity contribution in [3.8, 4) is 0 Å². The van der Waals surface area contributed by atoms with Gasteiger partial charge in [-0.1, -0.05) is 6.42 Å². The van der Waals surface area contributed by atoms with Crippen LogP contribution >= 0.6 is 19.6 Å². The molecule has 17 nitrogen and oxygen atoms in total. The summed E-state index contributed by atoms with van der Waals surface area (Å²) < 4.78 is 18.6. The highest BCUT2D eigenvalue weighted by Gasteiger charge is 2.46. The number of aliphatic hydroxyl groups is 5. The predicted octanol–water partition coefficient (Wildman–Crippen LogP) is -4.01. The SMILES string of the molecule is NCCOCC(O)[C@H]1O[C@@H](O)[C@@H](O)[C@@H](O)[C@@H]1O.O=C(O)CCCC[C@@H]1SC[C@@H]2NC(=O)N[C@@H]21.O=P(O)(O)O. The number of unbranched alkanes of at least 4 members (excludes halogenated alkanes) is 1. The zero-order valence-corrected chi connectivity index (χ0v) is 22.1. The van der Waals surface area contributed by atoms with Crippen molar-refractivity contribution in [1.82, 2.24) is 10.6 Å². The van der Waals surface area contributed by atoms with Crippen molar-refractivity contribution >= 4 is 31.6 Å². The van der Waals surface area contributed by atoms with Gasteiger partial charge in [0.25, 0.3) is 0 Å². The lowest BCUT2D eigenvalue weighted by atomic mass is 9.96. The first-order valence-corrected chi connectivity index (χ1v) is 14.3. The average molecular weight is 596 g/mol. The normalized spacial score (nSPS) is 33.0. The molecule has 3 rings (SSSR count). The molecule has 2 amide bonds. The predicted molar refractivity (Wildman–Crippen MR) is 131 cm³/mol. The van der Waals surface area contributed by atoms with E-state index in [1.165, 1.54) is 0 Å². The van der Waals surface area contributed by atoms with E-state index in [4.69, 9.17) is 39.6 Å². The first-order chi connectivity index (χ1) is 17.6. The van der Waals surface area contributed by atoms with Crippen molar-refractivity contribution in [3.63, 3.8) is 0 Å². The summed E-state index contributed by atoms with van der Waals surface area (Å²) in [5.74, 6) is 0.236. The van der Waals surface area contributed by atoms with E-state index in [0.717, 1.165) is 25.0 Å². The number of phosphoric acid groups is 1. The Morgan fingerprint density at radius 1 is 1.13 bits per heavy atom. The van der Waals surface area contributed by atoms with Gasteiger partial charge in [-0.15, -0.1) is 0 Å². The topological polar surface area (TPSA) is 302 Å². The summed E-state index contributed by atoms with van der Waals surface area (Å²) in [6.07, 6.45) is -5.97. The second-order valence-electron chi connectivity index (χ2n) is 8.67. The number of nitrogens with two attached hydrogens (primary N) is 1. The minimum Gasteiger partial charge on any atom is -0.481 e. The average Bonchev–Trinajstić information content (AvgIpc) is 3.36. The van der Waals surface area contributed by atoms with Gasteiger partial charge in [0.2, 0.25) is 0 Å². The van der Waals surface area contributed by atoms with E-state index in [9.17, 15) is 35.1 Å². The van der Waals surface area contributed by atoms with Gasteiger partial charge in [0, 0.05) is 24.0 Å². The second kappa shape index (κ2) is 16.9. The zero-order valence-electron chi connectivity index (χ0n) is 20.4. The van der Waals surface area contributed by atoms with Crippen molar-refractivity contribution in [1.29, 1.82) is 0 Å². The fourth-order valence-electron chi connectivity index (χ4n) is 3.85. The van der Waals surface area contributed by atoms with E-state index >= 15 is 0 Å². The van der Waals surface area contributed by atoms with Crippen LogP contribution in [0.3, 0.4) is 0 Å². The third kappa shape index (κ3) is 12.8. The minimum atomic E-state index is -4.64. The maximum atomic E-state index is 11.1. The van der Waals surface area contributed by atoms with Gasteiger partial charge in [-0.05, 0) is 12.8 Å². The number of rotatable bonds is 10. The number of carbonyl (C=O) groups is 2. The van der Waals surface area contributed by atoms with Crippen molar-refractivity contribution < 1.29 is 68.9 Å². The molecule has 0 aliphatic carbocycles. The fraction of sp³-hybridized carbons (Fsp3) is 0.895. The van der Waals surface area contributed by atoms with Crippen molar-refractivity contribution in [2.75, 3.05) is 25.5 Å².